The fraction of sp³-hybridized carbons (Fsp3) is 0.400. The molecule has 0 aromatic carbocycles. The van der Waals surface area contributed by atoms with E-state index >= 15 is 0 Å². The number of thiocarbonyl (C=S) groups is 1. The monoisotopic (exact) mass is 448 g/mol. The molecule has 1 aliphatic rings. The third-order valence-electron chi connectivity index (χ3n) is 6.12. The van der Waals surface area contributed by atoms with Gasteiger partial charge in [0.15, 0.2) is 5.11 Å². The molecule has 7 heteroatoms. The van der Waals surface area contributed by atoms with Crippen LogP contribution in [0.3, 0.4) is 0 Å². The predicted octanol–water partition coefficient (Wildman–Crippen LogP) is 4.12. The van der Waals surface area contributed by atoms with Crippen LogP contribution in [0.4, 0.5) is 0 Å². The molecule has 4 heterocycles. The summed E-state index contributed by atoms with van der Waals surface area (Å²) in [4.78, 5) is 13.9. The molecule has 1 saturated heterocycles. The first-order valence-electron chi connectivity index (χ1n) is 11.1. The molecule has 0 amide bonds. The highest BCUT2D eigenvalue weighted by atomic mass is 32.1. The highest BCUT2D eigenvalue weighted by Crippen LogP contribution is 2.41. The van der Waals surface area contributed by atoms with Crippen molar-refractivity contribution in [2.75, 3.05) is 27.2 Å². The van der Waals surface area contributed by atoms with Crippen LogP contribution in [0.1, 0.15) is 46.7 Å². The molecule has 32 heavy (non-hydrogen) atoms. The van der Waals surface area contributed by atoms with Crippen LogP contribution in [0.2, 0.25) is 0 Å². The lowest BCUT2D eigenvalue weighted by Crippen LogP contribution is -2.32. The molecular formula is C25H32N6S. The van der Waals surface area contributed by atoms with E-state index in [1.807, 2.05) is 24.5 Å². The number of nitrogens with one attached hydrogen (secondary N) is 1. The summed E-state index contributed by atoms with van der Waals surface area (Å²) in [5.74, 6) is 0.943. The molecule has 168 valence electrons. The van der Waals surface area contributed by atoms with Gasteiger partial charge in [-0.1, -0.05) is 12.1 Å². The Morgan fingerprint density at radius 3 is 2.56 bits per heavy atom. The van der Waals surface area contributed by atoms with E-state index in [0.717, 1.165) is 41.7 Å². The molecule has 0 bridgehead atoms. The van der Waals surface area contributed by atoms with E-state index in [1.54, 1.807) is 0 Å². The summed E-state index contributed by atoms with van der Waals surface area (Å²) >= 11 is 5.82. The molecule has 4 rings (SSSR count). The molecular weight excluding hydrogens is 416 g/mol. The van der Waals surface area contributed by atoms with Gasteiger partial charge >= 0.3 is 0 Å². The van der Waals surface area contributed by atoms with E-state index < -0.39 is 0 Å². The van der Waals surface area contributed by atoms with Crippen molar-refractivity contribution in [2.24, 2.45) is 0 Å². The Hall–Kier alpha value is -2.77. The van der Waals surface area contributed by atoms with Crippen molar-refractivity contribution in [3.63, 3.8) is 0 Å². The van der Waals surface area contributed by atoms with E-state index in [-0.39, 0.29) is 12.1 Å². The molecule has 1 fully saturated rings. The van der Waals surface area contributed by atoms with E-state index in [1.165, 1.54) is 17.0 Å². The van der Waals surface area contributed by atoms with Gasteiger partial charge in [-0.2, -0.15) is 0 Å². The number of aryl methyl sites for hydroxylation is 2. The van der Waals surface area contributed by atoms with Crippen LogP contribution in [0.15, 0.2) is 48.8 Å². The van der Waals surface area contributed by atoms with Gasteiger partial charge in [-0.05, 0) is 95.4 Å². The lowest BCUT2D eigenvalue weighted by molar-refractivity contribution is 0.292. The third-order valence-corrected chi connectivity index (χ3v) is 6.47. The highest BCUT2D eigenvalue weighted by molar-refractivity contribution is 7.80. The zero-order chi connectivity index (χ0) is 22.8. The minimum absolute atomic E-state index is 0.00276. The van der Waals surface area contributed by atoms with Crippen LogP contribution in [0, 0.1) is 20.8 Å². The normalized spacial score (nSPS) is 18.4. The van der Waals surface area contributed by atoms with Crippen molar-refractivity contribution in [3.05, 3.63) is 77.0 Å². The standard InChI is InChI=1S/C25H32N6S/c1-17-10-11-22(27-16-17)31-18(2)15-20(19(31)3)24-23(21-9-6-7-12-26-21)28-25(32)30(24)14-8-13-29(4)5/h6-7,9-12,15-16,23-24H,8,13-14H2,1-5H3,(H,28,32). The largest absolute Gasteiger partial charge is 0.352 e. The molecule has 3 aromatic heterocycles. The van der Waals surface area contributed by atoms with Gasteiger partial charge in [0.2, 0.25) is 0 Å². The summed E-state index contributed by atoms with van der Waals surface area (Å²) in [6.45, 7) is 8.30. The van der Waals surface area contributed by atoms with Crippen molar-refractivity contribution in [1.29, 1.82) is 0 Å². The van der Waals surface area contributed by atoms with E-state index in [9.17, 15) is 0 Å². The van der Waals surface area contributed by atoms with Gasteiger partial charge in [0, 0.05) is 30.3 Å². The van der Waals surface area contributed by atoms with Crippen LogP contribution in [0.25, 0.3) is 5.82 Å². The molecule has 0 aliphatic carbocycles. The number of pyridine rings is 2. The Labute approximate surface area is 196 Å². The number of rotatable bonds is 7. The second-order valence-electron chi connectivity index (χ2n) is 8.83. The fourth-order valence-electron chi connectivity index (χ4n) is 4.57. The van der Waals surface area contributed by atoms with Gasteiger partial charge in [0.25, 0.3) is 0 Å². The van der Waals surface area contributed by atoms with E-state index in [2.05, 4.69) is 88.8 Å². The third kappa shape index (κ3) is 4.40. The van der Waals surface area contributed by atoms with Crippen molar-refractivity contribution >= 4 is 17.3 Å². The van der Waals surface area contributed by atoms with Crippen LogP contribution < -0.4 is 5.32 Å². The summed E-state index contributed by atoms with van der Waals surface area (Å²) in [7, 11) is 4.22. The molecule has 1 aliphatic heterocycles. The fourth-order valence-corrected chi connectivity index (χ4v) is 4.91. The predicted molar refractivity (Wildman–Crippen MR) is 133 cm³/mol. The van der Waals surface area contributed by atoms with Crippen LogP contribution in [-0.4, -0.2) is 56.6 Å². The summed E-state index contributed by atoms with van der Waals surface area (Å²) < 4.78 is 2.24. The van der Waals surface area contributed by atoms with E-state index in [4.69, 9.17) is 12.2 Å². The van der Waals surface area contributed by atoms with Crippen molar-refractivity contribution in [3.8, 4) is 5.82 Å². The summed E-state index contributed by atoms with van der Waals surface area (Å²) in [6, 6.07) is 12.6. The molecule has 1 N–H and O–H groups in total. The Morgan fingerprint density at radius 1 is 1.09 bits per heavy atom. The van der Waals surface area contributed by atoms with E-state index in [0.29, 0.717) is 0 Å². The van der Waals surface area contributed by atoms with Gasteiger partial charge in [-0.25, -0.2) is 4.98 Å². The Morgan fingerprint density at radius 2 is 1.91 bits per heavy atom. The van der Waals surface area contributed by atoms with Gasteiger partial charge in [0.05, 0.1) is 17.8 Å². The maximum Gasteiger partial charge on any atom is 0.170 e. The molecule has 0 radical (unpaired) electrons. The SMILES string of the molecule is Cc1ccc(-n2c(C)cc(C3C(c4ccccn4)NC(=S)N3CCCN(C)C)c2C)nc1. The minimum Gasteiger partial charge on any atom is -0.352 e. The average Bonchev–Trinajstić information content (AvgIpc) is 3.25. The zero-order valence-corrected chi connectivity index (χ0v) is 20.4. The number of nitrogens with zero attached hydrogens (tertiary/aromatic N) is 5. The molecule has 0 spiro atoms. The topological polar surface area (TPSA) is 49.2 Å². The van der Waals surface area contributed by atoms with Crippen LogP contribution in [-0.2, 0) is 0 Å². The average molecular weight is 449 g/mol. The first-order chi connectivity index (χ1) is 15.4. The maximum atomic E-state index is 5.82. The van der Waals surface area contributed by atoms with Crippen molar-refractivity contribution < 1.29 is 0 Å². The van der Waals surface area contributed by atoms with Gasteiger partial charge in [-0.3, -0.25) is 4.98 Å². The zero-order valence-electron chi connectivity index (χ0n) is 19.5. The summed E-state index contributed by atoms with van der Waals surface area (Å²) in [5.41, 5.74) is 5.78. The first kappa shape index (κ1) is 22.4. The van der Waals surface area contributed by atoms with Gasteiger partial charge in [0.1, 0.15) is 5.82 Å². The van der Waals surface area contributed by atoms with Gasteiger partial charge in [-0.15, -0.1) is 0 Å². The first-order valence-corrected chi connectivity index (χ1v) is 11.5. The van der Waals surface area contributed by atoms with Crippen molar-refractivity contribution in [1.82, 2.24) is 29.7 Å². The van der Waals surface area contributed by atoms with Crippen molar-refractivity contribution in [2.45, 2.75) is 39.3 Å². The van der Waals surface area contributed by atoms with Crippen LogP contribution >= 0.6 is 12.2 Å². The molecule has 2 atom stereocenters. The maximum absolute atomic E-state index is 5.82. The number of hydrogen-bond donors (Lipinski definition) is 1. The quantitative estimate of drug-likeness (QED) is 0.549. The Bertz CT molecular complexity index is 1070. The Kier molecular flexibility index (Phi) is 6.58. The lowest BCUT2D eigenvalue weighted by Gasteiger charge is -2.28. The smallest absolute Gasteiger partial charge is 0.170 e. The number of hydrogen-bond acceptors (Lipinski definition) is 4. The minimum atomic E-state index is 0.00276. The second kappa shape index (κ2) is 9.38. The highest BCUT2D eigenvalue weighted by Gasteiger charge is 2.41. The molecule has 3 aromatic rings. The molecule has 2 unspecified atom stereocenters. The van der Waals surface area contributed by atoms with Gasteiger partial charge < -0.3 is 19.7 Å². The van der Waals surface area contributed by atoms with Crippen LogP contribution in [0.5, 0.6) is 0 Å². The second-order valence-corrected chi connectivity index (χ2v) is 9.22. The molecule has 6 nitrogen and oxygen atoms in total. The summed E-state index contributed by atoms with van der Waals surface area (Å²) in [6.07, 6.45) is 4.81. The molecule has 0 saturated carbocycles. The summed E-state index contributed by atoms with van der Waals surface area (Å²) in [5, 5.41) is 4.36. The lowest BCUT2D eigenvalue weighted by atomic mass is 9.96. The number of aromatic nitrogens is 3. The Balaban J connectivity index is 1.76.